The first-order valence-corrected chi connectivity index (χ1v) is 48.7. The van der Waals surface area contributed by atoms with E-state index in [9.17, 15) is 48.3 Å². The lowest BCUT2D eigenvalue weighted by Crippen LogP contribution is -2.62. The molecule has 2 fully saturated rings. The number of aromatic nitrogens is 4. The summed E-state index contributed by atoms with van der Waals surface area (Å²) in [6, 6.07) is 8.42. The number of rotatable bonds is 30. The number of aliphatic hydroxyl groups excluding tert-OH is 1. The number of guanidine groups is 1. The monoisotopic (exact) mass is 1980 g/mol. The van der Waals surface area contributed by atoms with Crippen LogP contribution in [0.2, 0.25) is 0 Å². The predicted octanol–water partition coefficient (Wildman–Crippen LogP) is -1.29. The molecule has 0 aliphatic carbocycles. The van der Waals surface area contributed by atoms with Crippen molar-refractivity contribution in [3.63, 3.8) is 0 Å². The number of primary amides is 2. The maximum atomic E-state index is 15.9. The number of H-pyrrole nitrogens is 3. The maximum absolute atomic E-state index is 15.9. The van der Waals surface area contributed by atoms with E-state index in [2.05, 4.69) is 89.1 Å². The molecule has 4 aromatic carbocycles. The Bertz CT molecular complexity index is 5570. The van der Waals surface area contributed by atoms with Gasteiger partial charge in [-0.05, 0) is 105 Å². The summed E-state index contributed by atoms with van der Waals surface area (Å²) in [6.45, 7) is 6.17. The van der Waals surface area contributed by atoms with E-state index in [1.54, 1.807) is 135 Å². The van der Waals surface area contributed by atoms with Crippen molar-refractivity contribution >= 4 is 146 Å². The number of unbranched alkanes of at least 4 members (excludes halogenated alkanes) is 2. The zero-order valence-corrected chi connectivity index (χ0v) is 81.8. The van der Waals surface area contributed by atoms with E-state index in [-0.39, 0.29) is 102 Å². The van der Waals surface area contributed by atoms with E-state index in [0.717, 1.165) is 31.4 Å². The normalized spacial score (nSPS) is 23.1. The Kier molecular flexibility index (Phi) is 42.7. The molecule has 766 valence electrons. The Morgan fingerprint density at radius 2 is 1.01 bits per heavy atom. The fraction of sp³-hybridized carbons (Fsp3) is 0.485. The molecule has 5 heterocycles. The number of carbonyl (C=O) groups excluding carboxylic acids is 18. The summed E-state index contributed by atoms with van der Waals surface area (Å²) in [7, 11) is 3.94. The third-order valence-electron chi connectivity index (χ3n) is 24.8. The number of hydrogen-bond acceptors (Lipinski definition) is 22. The molecule has 7 aromatic rings. The number of thioether (sulfide) groups is 1. The van der Waals surface area contributed by atoms with Crippen LogP contribution >= 0.6 is 11.8 Å². The van der Waals surface area contributed by atoms with Crippen molar-refractivity contribution in [2.75, 3.05) is 65.4 Å². The number of fused-ring (bicyclic) bond motifs is 3. The highest BCUT2D eigenvalue weighted by molar-refractivity contribution is 8.00. The molecule has 2 saturated heterocycles. The minimum atomic E-state index is -1.92. The summed E-state index contributed by atoms with van der Waals surface area (Å²) in [5.74, 6) is -18.5. The molecule has 0 bridgehead atoms. The van der Waals surface area contributed by atoms with Crippen molar-refractivity contribution in [1.82, 2.24) is 109 Å². The number of para-hydroxylation sites is 2. The third-order valence-corrected chi connectivity index (χ3v) is 25.8. The number of hydrogen-bond donors (Lipinski definition) is 21. The van der Waals surface area contributed by atoms with Crippen LogP contribution in [0.5, 0.6) is 0 Å². The van der Waals surface area contributed by atoms with Crippen molar-refractivity contribution in [2.24, 2.45) is 23.1 Å². The molecule has 44 nitrogen and oxygen atoms in total. The predicted molar refractivity (Wildman–Crippen MR) is 527 cm³/mol. The number of imidazole rings is 1. The number of aliphatic hydroxyl groups is 1. The van der Waals surface area contributed by atoms with Gasteiger partial charge in [-0.25, -0.2) is 4.98 Å². The highest BCUT2D eigenvalue weighted by Crippen LogP contribution is 2.27. The topological polar surface area (TPSA) is 659 Å². The van der Waals surface area contributed by atoms with Crippen LogP contribution in [0.25, 0.3) is 21.8 Å². The van der Waals surface area contributed by atoms with Gasteiger partial charge >= 0.3 is 0 Å². The summed E-state index contributed by atoms with van der Waals surface area (Å²) in [5.41, 5.74) is 20.1. The van der Waals surface area contributed by atoms with Gasteiger partial charge in [-0.3, -0.25) is 91.7 Å². The van der Waals surface area contributed by atoms with Gasteiger partial charge in [-0.15, -0.1) is 11.8 Å². The number of aromatic amines is 3. The van der Waals surface area contributed by atoms with Gasteiger partial charge in [-0.2, -0.15) is 0 Å². The van der Waals surface area contributed by atoms with Crippen LogP contribution in [0.1, 0.15) is 151 Å². The molecule has 142 heavy (non-hydrogen) atoms. The van der Waals surface area contributed by atoms with Gasteiger partial charge in [0.1, 0.15) is 84.6 Å². The van der Waals surface area contributed by atoms with Crippen LogP contribution in [-0.2, 0) is 107 Å². The van der Waals surface area contributed by atoms with Gasteiger partial charge in [-0.1, -0.05) is 138 Å². The van der Waals surface area contributed by atoms with Gasteiger partial charge < -0.3 is 126 Å². The van der Waals surface area contributed by atoms with E-state index in [0.29, 0.717) is 69.9 Å². The average molecular weight is 1990 g/mol. The van der Waals surface area contributed by atoms with Crippen molar-refractivity contribution < 1.29 is 91.4 Å². The van der Waals surface area contributed by atoms with Gasteiger partial charge in [0.15, 0.2) is 5.96 Å². The zero-order chi connectivity index (χ0) is 103. The van der Waals surface area contributed by atoms with Gasteiger partial charge in [0.25, 0.3) is 5.91 Å². The lowest BCUT2D eigenvalue weighted by atomic mass is 10.00. The second-order valence-corrected chi connectivity index (χ2v) is 36.9. The Morgan fingerprint density at radius 3 is 1.62 bits per heavy atom. The fourth-order valence-electron chi connectivity index (χ4n) is 16.8. The van der Waals surface area contributed by atoms with Crippen molar-refractivity contribution in [3.05, 3.63) is 162 Å². The SMILES string of the molecule is CCCC[C@H]1C(=O)N(C)[C@@H](CCCC)C(=O)N[C@@H](CCCNC(=N)N)C(=O)N[C@H](C(=O)NCC(N)=O)CSCC(=O)N[C@@H](Cc2ccccc2)C(=O)N(C)[C@@H](C)C(=O)N[C@@H](CC(N)=O)C(=O)N2CCC[C@H]2C(=O)N[C@@H](Cc2cnc[nH]2)C(=O)N[C@@H](CC(C)C)C(=O)N[C@@H](CCNC(=O)c2ccccc2)C(=O)N[C@@H](Cc2c[nH]c3ccccc23)C(=O)N[C@@H](CO)C(=O)N[C@@H](Cc2c[nH]c3ccccc23)C(=O)N1C. The largest absolute Gasteiger partial charge is 0.394 e. The Hall–Kier alpha value is -14.8. The number of nitrogens with zero attached hydrogens (tertiary/aromatic N) is 5. The molecule has 0 unspecified atom stereocenters. The minimum absolute atomic E-state index is 0.0109. The standard InChI is InChI=1S/C97H133N25O19S/c1-9-11-34-76-91(136)111-66(33-23-38-104-97(100)101)85(130)118-75(84(129)107-50-80(99)125)52-142-53-81(126)109-71(42-57-25-15-13-16-26-57)93(138)119(6)56(5)82(127)115-73(46-79(98)124)95(140)122-40-24-36-77(122)92(137)114-70(45-61-49-102-54-108-61)89(134)112-68(41-55(3)4)87(132)110-67(37-39-103-83(128)58-27-17-14-18-28-58)86(131)113-69(43-59-47-105-64-31-21-19-29-62(59)64)88(133)117-74(51-123)90(135)116-72(44-60-48-106-65-32-22-20-30-63(60)65)94(139)121(8)78(35-12-10-2)96(141)120(76)7/h13-22,25-32,47-49,54-56,66-78,105-106,123H,9-12,23-24,33-46,50-53H2,1-8H3,(H2,98,124)(H2,99,125)(H,102,108)(H,103,128)(H,107,129)(H,109,126)(H,110,132)(H,111,136)(H,112,134)(H,113,131)(H,114,137)(H,115,127)(H,116,135)(H,117,133)(H,118,130)(H4,100,101,104)/t56-,66-,67-,68-,69-,70-,71-,72-,73-,74-,75-,76-,77-,78-/m0/s1. The average Bonchev–Trinajstić information content (AvgIpc) is 1.55. The Balaban J connectivity index is 1.12. The number of nitrogens with two attached hydrogens (primary N) is 3. The third kappa shape index (κ3) is 32.4. The summed E-state index contributed by atoms with van der Waals surface area (Å²) < 4.78 is 0. The number of carbonyl (C=O) groups is 18. The number of likely N-dealkylation sites (N-methyl/N-ethyl adjacent to an activating group) is 3. The number of benzene rings is 4. The van der Waals surface area contributed by atoms with Crippen molar-refractivity contribution in [3.8, 4) is 0 Å². The number of amides is 18. The molecule has 0 spiro atoms. The lowest BCUT2D eigenvalue weighted by molar-refractivity contribution is -0.149. The minimum Gasteiger partial charge on any atom is -0.394 e. The lowest BCUT2D eigenvalue weighted by Gasteiger charge is -2.36. The van der Waals surface area contributed by atoms with E-state index in [4.69, 9.17) is 22.6 Å². The number of nitrogens with one attached hydrogen (secondary N) is 17. The molecule has 24 N–H and O–H groups in total. The molecule has 0 radical (unpaired) electrons. The molecule has 14 atom stereocenters. The molecule has 0 saturated carbocycles. The van der Waals surface area contributed by atoms with Crippen LogP contribution in [0.4, 0.5) is 0 Å². The van der Waals surface area contributed by atoms with Crippen LogP contribution < -0.4 is 86.3 Å². The second kappa shape index (κ2) is 54.7. The molecule has 18 amide bonds. The first kappa shape index (κ1) is 111. The molecule has 45 heteroatoms. The molecule has 3 aromatic heterocycles. The molecular formula is C97H133N25O19S. The van der Waals surface area contributed by atoms with Gasteiger partial charge in [0.2, 0.25) is 100 Å². The first-order chi connectivity index (χ1) is 67.9. The summed E-state index contributed by atoms with van der Waals surface area (Å²) in [6.07, 6.45) is 5.02. The van der Waals surface area contributed by atoms with Crippen LogP contribution in [-0.4, -0.2) is 307 Å². The highest BCUT2D eigenvalue weighted by atomic mass is 32.2. The summed E-state index contributed by atoms with van der Waals surface area (Å²) in [4.78, 5) is 283. The first-order valence-electron chi connectivity index (χ1n) is 47.6. The summed E-state index contributed by atoms with van der Waals surface area (Å²) in [5, 5.41) is 55.2. The van der Waals surface area contributed by atoms with Crippen LogP contribution in [0, 0.1) is 11.3 Å². The molecule has 2 aliphatic rings. The van der Waals surface area contributed by atoms with E-state index in [1.165, 1.54) is 40.6 Å². The summed E-state index contributed by atoms with van der Waals surface area (Å²) >= 11 is 0.788. The van der Waals surface area contributed by atoms with Crippen molar-refractivity contribution in [1.29, 1.82) is 5.41 Å². The van der Waals surface area contributed by atoms with E-state index < -0.39 is 234 Å². The van der Waals surface area contributed by atoms with Gasteiger partial charge in [0.05, 0.1) is 31.7 Å². The van der Waals surface area contributed by atoms with Gasteiger partial charge in [0, 0.05) is 124 Å². The van der Waals surface area contributed by atoms with Crippen LogP contribution in [0.3, 0.4) is 0 Å². The molecule has 2 aliphatic heterocycles. The highest BCUT2D eigenvalue weighted by Gasteiger charge is 2.44. The van der Waals surface area contributed by atoms with Crippen molar-refractivity contribution in [2.45, 2.75) is 228 Å². The maximum Gasteiger partial charge on any atom is 0.251 e. The Labute approximate surface area is 826 Å². The quantitative estimate of drug-likeness (QED) is 0.0141. The van der Waals surface area contributed by atoms with Crippen LogP contribution in [0.15, 0.2) is 134 Å². The molecular weight excluding hydrogens is 1850 g/mol. The fourth-order valence-corrected chi connectivity index (χ4v) is 17.7. The Morgan fingerprint density at radius 1 is 0.500 bits per heavy atom. The zero-order valence-electron chi connectivity index (χ0n) is 81.0. The smallest absolute Gasteiger partial charge is 0.251 e. The molecule has 9 rings (SSSR count). The second-order valence-electron chi connectivity index (χ2n) is 35.9. The van der Waals surface area contributed by atoms with E-state index in [1.807, 2.05) is 13.8 Å². The van der Waals surface area contributed by atoms with E-state index >= 15 is 43.2 Å².